The van der Waals surface area contributed by atoms with Gasteiger partial charge in [-0.15, -0.1) is 0 Å². The molecule has 0 spiro atoms. The molecule has 0 radical (unpaired) electrons. The van der Waals surface area contributed by atoms with Gasteiger partial charge in [-0.2, -0.15) is 0 Å². The number of urea groups is 1. The molecule has 2 amide bonds. The van der Waals surface area contributed by atoms with Gasteiger partial charge in [-0.05, 0) is 14.1 Å². The first kappa shape index (κ1) is 12.7. The van der Waals surface area contributed by atoms with Gasteiger partial charge in [-0.1, -0.05) is 0 Å². The molecule has 0 fully saturated rings. The molecule has 0 aromatic heterocycles. The van der Waals surface area contributed by atoms with E-state index in [0.717, 1.165) is 0 Å². The standard InChI is InChI=1S/C8H17N3O3/c1-9-8(14)11(6-7(12)13)5-4-10(2)3/h4-6H2,1-3H3,(H,9,14)(H,12,13). The van der Waals surface area contributed by atoms with Gasteiger partial charge in [0.25, 0.3) is 0 Å². The van der Waals surface area contributed by atoms with Gasteiger partial charge in [0.2, 0.25) is 0 Å². The van der Waals surface area contributed by atoms with E-state index in [1.54, 1.807) is 0 Å². The molecule has 6 heteroatoms. The van der Waals surface area contributed by atoms with E-state index in [0.29, 0.717) is 13.1 Å². The van der Waals surface area contributed by atoms with Crippen molar-refractivity contribution < 1.29 is 14.7 Å². The topological polar surface area (TPSA) is 72.9 Å². The smallest absolute Gasteiger partial charge is 0.323 e. The monoisotopic (exact) mass is 203 g/mol. The van der Waals surface area contributed by atoms with E-state index in [-0.39, 0.29) is 12.6 Å². The van der Waals surface area contributed by atoms with Crippen molar-refractivity contribution in [3.05, 3.63) is 0 Å². The zero-order valence-corrected chi connectivity index (χ0v) is 8.78. The van der Waals surface area contributed by atoms with Crippen molar-refractivity contribution in [2.45, 2.75) is 0 Å². The number of likely N-dealkylation sites (N-methyl/N-ethyl adjacent to an activating group) is 1. The van der Waals surface area contributed by atoms with Crippen LogP contribution in [0.4, 0.5) is 4.79 Å². The van der Waals surface area contributed by atoms with E-state index in [9.17, 15) is 9.59 Å². The number of carboxylic acid groups (broad SMARTS) is 1. The number of hydrogen-bond acceptors (Lipinski definition) is 3. The lowest BCUT2D eigenvalue weighted by Crippen LogP contribution is -2.44. The summed E-state index contributed by atoms with van der Waals surface area (Å²) in [6.45, 7) is 0.771. The summed E-state index contributed by atoms with van der Waals surface area (Å²) in [6.07, 6.45) is 0. The van der Waals surface area contributed by atoms with Crippen LogP contribution in [0.3, 0.4) is 0 Å². The molecule has 0 aromatic rings. The summed E-state index contributed by atoms with van der Waals surface area (Å²) in [5, 5.41) is 11.0. The predicted octanol–water partition coefficient (Wildman–Crippen LogP) is -0.726. The molecular formula is C8H17N3O3. The SMILES string of the molecule is CNC(=O)N(CCN(C)C)CC(=O)O. The number of carbonyl (C=O) groups excluding carboxylic acids is 1. The molecule has 0 rings (SSSR count). The Labute approximate surface area is 83.5 Å². The number of rotatable bonds is 5. The summed E-state index contributed by atoms with van der Waals surface area (Å²) < 4.78 is 0. The van der Waals surface area contributed by atoms with Gasteiger partial charge in [0, 0.05) is 20.1 Å². The second-order valence-corrected chi connectivity index (χ2v) is 3.17. The average Bonchev–Trinajstić information content (AvgIpc) is 2.10. The molecular weight excluding hydrogens is 186 g/mol. The number of aliphatic carboxylic acids is 1. The zero-order valence-electron chi connectivity index (χ0n) is 8.78. The van der Waals surface area contributed by atoms with E-state index in [1.165, 1.54) is 11.9 Å². The van der Waals surface area contributed by atoms with Crippen LogP contribution in [0.5, 0.6) is 0 Å². The largest absolute Gasteiger partial charge is 0.480 e. The third-order valence-electron chi connectivity index (χ3n) is 1.64. The number of nitrogens with one attached hydrogen (secondary N) is 1. The Morgan fingerprint density at radius 3 is 2.21 bits per heavy atom. The number of amides is 2. The summed E-state index contributed by atoms with van der Waals surface area (Å²) in [5.74, 6) is -1.01. The maximum Gasteiger partial charge on any atom is 0.323 e. The maximum atomic E-state index is 11.2. The molecule has 0 heterocycles. The normalized spacial score (nSPS) is 10.0. The van der Waals surface area contributed by atoms with Crippen molar-refractivity contribution >= 4 is 12.0 Å². The predicted molar refractivity (Wildman–Crippen MR) is 52.2 cm³/mol. The van der Waals surface area contributed by atoms with Crippen LogP contribution in [0.1, 0.15) is 0 Å². The van der Waals surface area contributed by atoms with Gasteiger partial charge in [-0.3, -0.25) is 4.79 Å². The Bertz CT molecular complexity index is 206. The van der Waals surface area contributed by atoms with Crippen molar-refractivity contribution in [2.75, 3.05) is 40.8 Å². The molecule has 0 aliphatic heterocycles. The highest BCUT2D eigenvalue weighted by atomic mass is 16.4. The maximum absolute atomic E-state index is 11.2. The van der Waals surface area contributed by atoms with Gasteiger partial charge in [0.05, 0.1) is 0 Å². The third kappa shape index (κ3) is 5.36. The van der Waals surface area contributed by atoms with Gasteiger partial charge in [0.15, 0.2) is 0 Å². The van der Waals surface area contributed by atoms with Gasteiger partial charge in [-0.25, -0.2) is 4.79 Å². The molecule has 0 saturated carbocycles. The third-order valence-corrected chi connectivity index (χ3v) is 1.64. The van der Waals surface area contributed by atoms with E-state index in [4.69, 9.17) is 5.11 Å². The minimum Gasteiger partial charge on any atom is -0.480 e. The zero-order chi connectivity index (χ0) is 11.1. The quantitative estimate of drug-likeness (QED) is 0.618. The Morgan fingerprint density at radius 1 is 1.29 bits per heavy atom. The molecule has 0 unspecified atom stereocenters. The van der Waals surface area contributed by atoms with Crippen LogP contribution >= 0.6 is 0 Å². The number of carboxylic acids is 1. The highest BCUT2D eigenvalue weighted by Crippen LogP contribution is 1.90. The van der Waals surface area contributed by atoms with Crippen molar-refractivity contribution in [1.82, 2.24) is 15.1 Å². The fraction of sp³-hybridized carbons (Fsp3) is 0.750. The summed E-state index contributed by atoms with van der Waals surface area (Å²) >= 11 is 0. The minimum absolute atomic E-state index is 0.270. The van der Waals surface area contributed by atoms with Crippen LogP contribution in [-0.2, 0) is 4.79 Å². The van der Waals surface area contributed by atoms with Crippen molar-refractivity contribution in [3.63, 3.8) is 0 Å². The van der Waals surface area contributed by atoms with Crippen LogP contribution in [0.25, 0.3) is 0 Å². The molecule has 0 aromatic carbocycles. The first-order valence-electron chi connectivity index (χ1n) is 4.30. The summed E-state index contributed by atoms with van der Waals surface area (Å²) in [5.41, 5.74) is 0. The van der Waals surface area contributed by atoms with Crippen molar-refractivity contribution in [1.29, 1.82) is 0 Å². The van der Waals surface area contributed by atoms with Crippen LogP contribution in [0.2, 0.25) is 0 Å². The summed E-state index contributed by atoms with van der Waals surface area (Å²) in [6, 6.07) is -0.366. The first-order chi connectivity index (χ1) is 6.47. The molecule has 6 nitrogen and oxygen atoms in total. The fourth-order valence-electron chi connectivity index (χ4n) is 0.895. The lowest BCUT2D eigenvalue weighted by Gasteiger charge is -2.21. The summed E-state index contributed by atoms with van der Waals surface area (Å²) in [4.78, 5) is 24.8. The van der Waals surface area contributed by atoms with Crippen molar-refractivity contribution in [2.24, 2.45) is 0 Å². The number of carbonyl (C=O) groups is 2. The van der Waals surface area contributed by atoms with Crippen LogP contribution in [0.15, 0.2) is 0 Å². The van der Waals surface area contributed by atoms with Crippen LogP contribution < -0.4 is 5.32 Å². The van der Waals surface area contributed by atoms with E-state index >= 15 is 0 Å². The molecule has 0 atom stereocenters. The molecule has 0 bridgehead atoms. The van der Waals surface area contributed by atoms with Gasteiger partial charge >= 0.3 is 12.0 Å². The second-order valence-electron chi connectivity index (χ2n) is 3.17. The fourth-order valence-corrected chi connectivity index (χ4v) is 0.895. The van der Waals surface area contributed by atoms with E-state index < -0.39 is 5.97 Å². The Hall–Kier alpha value is -1.30. The van der Waals surface area contributed by atoms with Gasteiger partial charge in [0.1, 0.15) is 6.54 Å². The molecule has 0 aliphatic rings. The molecule has 2 N–H and O–H groups in total. The number of hydrogen-bond donors (Lipinski definition) is 2. The second kappa shape index (κ2) is 6.20. The van der Waals surface area contributed by atoms with E-state index in [1.807, 2.05) is 19.0 Å². The average molecular weight is 203 g/mol. The molecule has 14 heavy (non-hydrogen) atoms. The van der Waals surface area contributed by atoms with E-state index in [2.05, 4.69) is 5.32 Å². The Kier molecular flexibility index (Phi) is 5.62. The Balaban J connectivity index is 4.10. The highest BCUT2D eigenvalue weighted by Gasteiger charge is 2.14. The lowest BCUT2D eigenvalue weighted by molar-refractivity contribution is -0.137. The Morgan fingerprint density at radius 2 is 1.86 bits per heavy atom. The van der Waals surface area contributed by atoms with Crippen LogP contribution in [0, 0.1) is 0 Å². The first-order valence-corrected chi connectivity index (χ1v) is 4.30. The lowest BCUT2D eigenvalue weighted by atomic mass is 10.4. The number of nitrogens with zero attached hydrogens (tertiary/aromatic N) is 2. The summed E-state index contributed by atoms with van der Waals surface area (Å²) in [7, 11) is 5.21. The molecule has 0 saturated heterocycles. The van der Waals surface area contributed by atoms with Crippen molar-refractivity contribution in [3.8, 4) is 0 Å². The van der Waals surface area contributed by atoms with Gasteiger partial charge < -0.3 is 20.2 Å². The van der Waals surface area contributed by atoms with Crippen LogP contribution in [-0.4, -0.2) is 67.7 Å². The molecule has 82 valence electrons. The minimum atomic E-state index is -1.01. The molecule has 0 aliphatic carbocycles. The highest BCUT2D eigenvalue weighted by molar-refractivity contribution is 5.79.